The largest absolute Gasteiger partial charge is 0.453 e. The molecule has 0 radical (unpaired) electrons. The molecule has 0 saturated heterocycles. The quantitative estimate of drug-likeness (QED) is 0.446. The van der Waals surface area contributed by atoms with Gasteiger partial charge < -0.3 is 0 Å². The Hall–Kier alpha value is -0.610. The predicted molar refractivity (Wildman–Crippen MR) is 30.4 cm³/mol. The van der Waals surface area contributed by atoms with Crippen LogP contribution in [0.15, 0.2) is 12.7 Å². The Labute approximate surface area is 60.7 Å². The second-order valence-corrected chi connectivity index (χ2v) is 2.15. The number of hydrogen-bond acceptors (Lipinski definition) is 0. The third-order valence-electron chi connectivity index (χ3n) is 1.30. The van der Waals surface area contributed by atoms with Gasteiger partial charge in [0, 0.05) is 5.92 Å². The summed E-state index contributed by atoms with van der Waals surface area (Å²) in [6.07, 6.45) is -4.91. The molecule has 0 bridgehead atoms. The van der Waals surface area contributed by atoms with Gasteiger partial charge in [-0.05, 0) is 0 Å². The first-order chi connectivity index (χ1) is 4.73. The maximum absolute atomic E-state index is 12.1. The van der Waals surface area contributed by atoms with Crippen LogP contribution in [-0.4, -0.2) is 12.1 Å². The van der Waals surface area contributed by atoms with Crippen molar-refractivity contribution >= 4 is 0 Å². The van der Waals surface area contributed by atoms with Crippen molar-refractivity contribution in [1.82, 2.24) is 0 Å². The van der Waals surface area contributed by atoms with Gasteiger partial charge >= 0.3 is 12.1 Å². The Balaban J connectivity index is 4.58. The van der Waals surface area contributed by atoms with Crippen molar-refractivity contribution in [2.24, 2.45) is 5.92 Å². The van der Waals surface area contributed by atoms with Crippen molar-refractivity contribution in [3.63, 3.8) is 0 Å². The molecule has 1 unspecified atom stereocenters. The Morgan fingerprint density at radius 3 is 1.64 bits per heavy atom. The summed E-state index contributed by atoms with van der Waals surface area (Å²) in [5.41, 5.74) is 0. The van der Waals surface area contributed by atoms with E-state index in [4.69, 9.17) is 0 Å². The molecule has 0 heterocycles. The highest BCUT2D eigenvalue weighted by atomic mass is 19.4. The first-order valence-electron chi connectivity index (χ1n) is 2.80. The highest BCUT2D eigenvalue weighted by Gasteiger charge is 2.59. The van der Waals surface area contributed by atoms with E-state index in [-0.39, 0.29) is 0 Å². The van der Waals surface area contributed by atoms with Gasteiger partial charge in [0.2, 0.25) is 0 Å². The van der Waals surface area contributed by atoms with Crippen LogP contribution in [0.1, 0.15) is 6.92 Å². The Morgan fingerprint density at radius 1 is 1.18 bits per heavy atom. The lowest BCUT2D eigenvalue weighted by Gasteiger charge is -2.23. The first-order valence-corrected chi connectivity index (χ1v) is 2.80. The summed E-state index contributed by atoms with van der Waals surface area (Å²) in [5.74, 6) is -6.56. The monoisotopic (exact) mass is 174 g/mol. The van der Waals surface area contributed by atoms with Crippen LogP contribution in [0, 0.1) is 5.92 Å². The predicted octanol–water partition coefficient (Wildman–Crippen LogP) is 3.01. The third kappa shape index (κ3) is 1.91. The lowest BCUT2D eigenvalue weighted by atomic mass is 10.0. The lowest BCUT2D eigenvalue weighted by molar-refractivity contribution is -0.294. The second-order valence-electron chi connectivity index (χ2n) is 2.15. The van der Waals surface area contributed by atoms with Crippen LogP contribution in [0.5, 0.6) is 0 Å². The van der Waals surface area contributed by atoms with E-state index in [2.05, 4.69) is 6.58 Å². The zero-order valence-corrected chi connectivity index (χ0v) is 5.75. The van der Waals surface area contributed by atoms with Gasteiger partial charge in [-0.2, -0.15) is 22.0 Å². The molecule has 0 aromatic heterocycles. The average molecular weight is 174 g/mol. The van der Waals surface area contributed by atoms with Gasteiger partial charge in [-0.1, -0.05) is 13.0 Å². The topological polar surface area (TPSA) is 0 Å². The van der Waals surface area contributed by atoms with E-state index in [1.807, 2.05) is 0 Å². The summed E-state index contributed by atoms with van der Waals surface area (Å²) in [5, 5.41) is 0. The zero-order valence-electron chi connectivity index (χ0n) is 5.75. The average Bonchev–Trinajstić information content (AvgIpc) is 1.83. The summed E-state index contributed by atoms with van der Waals surface area (Å²) in [6, 6.07) is 0. The molecule has 11 heavy (non-hydrogen) atoms. The highest BCUT2D eigenvalue weighted by Crippen LogP contribution is 2.41. The van der Waals surface area contributed by atoms with E-state index >= 15 is 0 Å². The molecule has 0 spiro atoms. The molecule has 0 aliphatic rings. The molecule has 0 aromatic carbocycles. The molecule has 0 aromatic rings. The maximum atomic E-state index is 12.1. The van der Waals surface area contributed by atoms with Crippen molar-refractivity contribution in [2.75, 3.05) is 0 Å². The molecule has 0 fully saturated rings. The minimum atomic E-state index is -5.49. The fraction of sp³-hybridized carbons (Fsp3) is 0.667. The van der Waals surface area contributed by atoms with Crippen molar-refractivity contribution < 1.29 is 22.0 Å². The molecule has 0 N–H and O–H groups in total. The number of allylic oxidation sites excluding steroid dienone is 1. The number of hydrogen-bond donors (Lipinski definition) is 0. The van der Waals surface area contributed by atoms with Crippen LogP contribution in [0.3, 0.4) is 0 Å². The first kappa shape index (κ1) is 10.4. The maximum Gasteiger partial charge on any atom is 0.453 e. The van der Waals surface area contributed by atoms with Gasteiger partial charge in [0.25, 0.3) is 0 Å². The van der Waals surface area contributed by atoms with Crippen LogP contribution in [0.25, 0.3) is 0 Å². The van der Waals surface area contributed by atoms with E-state index in [9.17, 15) is 22.0 Å². The van der Waals surface area contributed by atoms with Crippen molar-refractivity contribution in [3.8, 4) is 0 Å². The summed E-state index contributed by atoms with van der Waals surface area (Å²) in [6.45, 7) is 3.62. The standard InChI is InChI=1S/C6H7F5/c1-3-4(2)5(7,8)6(9,10)11/h3-4H,1H2,2H3. The van der Waals surface area contributed by atoms with Gasteiger partial charge in [-0.15, -0.1) is 6.58 Å². The van der Waals surface area contributed by atoms with Crippen molar-refractivity contribution in [1.29, 1.82) is 0 Å². The van der Waals surface area contributed by atoms with Gasteiger partial charge in [0.15, 0.2) is 0 Å². The van der Waals surface area contributed by atoms with Crippen LogP contribution in [0.2, 0.25) is 0 Å². The van der Waals surface area contributed by atoms with E-state index in [0.717, 1.165) is 6.92 Å². The Morgan fingerprint density at radius 2 is 1.55 bits per heavy atom. The SMILES string of the molecule is C=CC(C)C(F)(F)C(F)(F)F. The smallest absolute Gasteiger partial charge is 0.196 e. The summed E-state index contributed by atoms with van der Waals surface area (Å²) >= 11 is 0. The molecule has 5 heteroatoms. The third-order valence-corrected chi connectivity index (χ3v) is 1.30. The Kier molecular flexibility index (Phi) is 2.64. The van der Waals surface area contributed by atoms with Crippen LogP contribution < -0.4 is 0 Å². The zero-order chi connectivity index (χ0) is 9.28. The van der Waals surface area contributed by atoms with E-state index in [1.54, 1.807) is 0 Å². The lowest BCUT2D eigenvalue weighted by Crippen LogP contribution is -2.41. The van der Waals surface area contributed by atoms with Crippen LogP contribution in [0.4, 0.5) is 22.0 Å². The van der Waals surface area contributed by atoms with Gasteiger partial charge in [-0.3, -0.25) is 0 Å². The number of rotatable bonds is 2. The fourth-order valence-corrected chi connectivity index (χ4v) is 0.406. The van der Waals surface area contributed by atoms with Crippen LogP contribution >= 0.6 is 0 Å². The normalized spacial score (nSPS) is 16.2. The summed E-state index contributed by atoms with van der Waals surface area (Å²) in [4.78, 5) is 0. The number of halogens is 5. The molecule has 0 rings (SSSR count). The highest BCUT2D eigenvalue weighted by molar-refractivity contribution is 4.91. The summed E-state index contributed by atoms with van der Waals surface area (Å²) < 4.78 is 58.7. The second kappa shape index (κ2) is 2.79. The molecule has 1 atom stereocenters. The minimum Gasteiger partial charge on any atom is -0.196 e. The minimum absolute atomic E-state index is 0.577. The molecular weight excluding hydrogens is 167 g/mol. The fourth-order valence-electron chi connectivity index (χ4n) is 0.406. The van der Waals surface area contributed by atoms with E-state index < -0.39 is 18.0 Å². The van der Waals surface area contributed by atoms with E-state index in [0.29, 0.717) is 6.08 Å². The molecular formula is C6H7F5. The van der Waals surface area contributed by atoms with Gasteiger partial charge in [0.05, 0.1) is 0 Å². The molecule has 0 amide bonds. The molecule has 0 saturated carbocycles. The van der Waals surface area contributed by atoms with Crippen LogP contribution in [-0.2, 0) is 0 Å². The van der Waals surface area contributed by atoms with Crippen molar-refractivity contribution in [3.05, 3.63) is 12.7 Å². The molecule has 0 aliphatic heterocycles. The van der Waals surface area contributed by atoms with E-state index in [1.165, 1.54) is 0 Å². The van der Waals surface area contributed by atoms with Gasteiger partial charge in [-0.25, -0.2) is 0 Å². The molecule has 0 nitrogen and oxygen atoms in total. The molecule has 0 aliphatic carbocycles. The van der Waals surface area contributed by atoms with Gasteiger partial charge in [0.1, 0.15) is 0 Å². The molecule has 66 valence electrons. The number of alkyl halides is 5. The van der Waals surface area contributed by atoms with Crippen molar-refractivity contribution in [2.45, 2.75) is 19.0 Å². The Bertz CT molecular complexity index is 146. The summed E-state index contributed by atoms with van der Waals surface area (Å²) in [7, 11) is 0.